The minimum absolute atomic E-state index is 0.00985. The van der Waals surface area contributed by atoms with Crippen molar-refractivity contribution in [1.29, 1.82) is 0 Å². The SMILES string of the molecule is O=C(O)c1cc(I)c(OCCOC(=O)C2C(C(=O)OCCOc3cc(I)c(S(=O)(=O)O)c(I)c3)C3c4ccccc4C2C2CCCCC23)c(I)c1. The van der Waals surface area contributed by atoms with Crippen LogP contribution in [0.1, 0.15) is 59.0 Å². The number of rotatable bonds is 12. The summed E-state index contributed by atoms with van der Waals surface area (Å²) < 4.78 is 58.3. The molecule has 3 aromatic carbocycles. The van der Waals surface area contributed by atoms with Crippen LogP contribution in [0.3, 0.4) is 0 Å². The fraction of sp³-hybridized carbons (Fsp3) is 0.400. The molecule has 11 nitrogen and oxygen atoms in total. The van der Waals surface area contributed by atoms with Crippen LogP contribution in [0.2, 0.25) is 0 Å². The van der Waals surface area contributed by atoms with Crippen LogP contribution in [-0.4, -0.2) is 62.4 Å². The Morgan fingerprint density at radius 3 is 1.63 bits per heavy atom. The Labute approximate surface area is 349 Å². The van der Waals surface area contributed by atoms with Gasteiger partial charge in [-0.2, -0.15) is 8.42 Å². The van der Waals surface area contributed by atoms with Crippen LogP contribution in [0.5, 0.6) is 11.5 Å². The van der Waals surface area contributed by atoms with Crippen LogP contribution < -0.4 is 9.47 Å². The summed E-state index contributed by atoms with van der Waals surface area (Å²) in [5.41, 5.74) is 2.34. The summed E-state index contributed by atoms with van der Waals surface area (Å²) in [4.78, 5) is 39.4. The normalized spacial score (nSPS) is 23.5. The topological polar surface area (TPSA) is 163 Å². The van der Waals surface area contributed by atoms with Crippen molar-refractivity contribution in [3.05, 3.63) is 79.5 Å². The fourth-order valence-corrected chi connectivity index (χ4v) is 14.2. The number of carboxylic acid groups (broad SMARTS) is 1. The molecule has 6 unspecified atom stereocenters. The third-order valence-electron chi connectivity index (χ3n) is 9.86. The van der Waals surface area contributed by atoms with Gasteiger partial charge in [0, 0.05) is 19.0 Å². The second kappa shape index (κ2) is 16.5. The molecule has 272 valence electrons. The number of ether oxygens (including phenoxy) is 4. The lowest BCUT2D eigenvalue weighted by molar-refractivity contribution is -0.171. The summed E-state index contributed by atoms with van der Waals surface area (Å²) in [7, 11) is -4.41. The number of hydrogen-bond acceptors (Lipinski definition) is 9. The molecule has 16 heteroatoms. The maximum absolute atomic E-state index is 14.1. The average molecular weight is 1170 g/mol. The summed E-state index contributed by atoms with van der Waals surface area (Å²) in [6, 6.07) is 14.1. The molecule has 2 N–H and O–H groups in total. The summed E-state index contributed by atoms with van der Waals surface area (Å²) in [5, 5.41) is 9.35. The van der Waals surface area contributed by atoms with Crippen molar-refractivity contribution in [2.45, 2.75) is 42.4 Å². The Morgan fingerprint density at radius 2 is 1.18 bits per heavy atom. The zero-order chi connectivity index (χ0) is 36.6. The molecule has 0 aromatic heterocycles. The Bertz CT molecular complexity index is 1920. The molecule has 4 aliphatic rings. The predicted octanol–water partition coefficient (Wildman–Crippen LogP) is 7.53. The van der Waals surface area contributed by atoms with Crippen LogP contribution in [0.15, 0.2) is 53.4 Å². The molecule has 0 saturated heterocycles. The van der Waals surface area contributed by atoms with E-state index in [4.69, 9.17) is 18.9 Å². The number of hydrogen-bond donors (Lipinski definition) is 2. The van der Waals surface area contributed by atoms with Gasteiger partial charge in [0.05, 0.1) is 24.5 Å². The monoisotopic (exact) mass is 1170 g/mol. The standard InChI is InChI=1S/C35H32I4O11S/c36-23-13-17(33(40)41)14-24(37)31(23)48-10-12-50-35(43)30-28-21-7-3-1-5-19(21)27(20-6-2-4-8-22(20)28)29(30)34(42)49-11-9-47-18-15-25(38)32(26(39)16-18)51(44,45)46/h1,3,5,7,13-16,20,22,27-30H,2,4,6,8-12H2,(H,40,41)(H,44,45,46). The van der Waals surface area contributed by atoms with Gasteiger partial charge in [0.2, 0.25) is 0 Å². The van der Waals surface area contributed by atoms with E-state index in [0.29, 0.717) is 25.8 Å². The molecule has 0 spiro atoms. The lowest BCUT2D eigenvalue weighted by Gasteiger charge is -2.57. The van der Waals surface area contributed by atoms with E-state index in [-0.39, 0.29) is 60.6 Å². The molecule has 7 rings (SSSR count). The van der Waals surface area contributed by atoms with Crippen LogP contribution in [0.4, 0.5) is 0 Å². The third-order valence-corrected chi connectivity index (χ3v) is 14.9. The highest BCUT2D eigenvalue weighted by Crippen LogP contribution is 2.64. The number of carboxylic acids is 1. The molecule has 51 heavy (non-hydrogen) atoms. The van der Waals surface area contributed by atoms with Crippen LogP contribution >= 0.6 is 90.4 Å². The van der Waals surface area contributed by atoms with Gasteiger partial charge in [0.1, 0.15) is 42.8 Å². The van der Waals surface area contributed by atoms with Gasteiger partial charge in [0.25, 0.3) is 10.1 Å². The minimum atomic E-state index is -4.41. The van der Waals surface area contributed by atoms with Crippen molar-refractivity contribution in [1.82, 2.24) is 0 Å². The summed E-state index contributed by atoms with van der Waals surface area (Å²) in [5.74, 6) is -2.55. The Balaban J connectivity index is 1.17. The van der Waals surface area contributed by atoms with E-state index in [0.717, 1.165) is 36.8 Å². The highest BCUT2D eigenvalue weighted by atomic mass is 127. The van der Waals surface area contributed by atoms with Crippen molar-refractivity contribution < 1.29 is 51.4 Å². The van der Waals surface area contributed by atoms with Gasteiger partial charge in [-0.3, -0.25) is 14.1 Å². The van der Waals surface area contributed by atoms with E-state index in [1.54, 1.807) is 0 Å². The molecule has 6 atom stereocenters. The van der Waals surface area contributed by atoms with Gasteiger partial charge in [0.15, 0.2) is 0 Å². The first-order chi connectivity index (χ1) is 24.3. The fourth-order valence-electron chi connectivity index (χ4n) is 8.08. The quantitative estimate of drug-likeness (QED) is 0.0799. The zero-order valence-corrected chi connectivity index (χ0v) is 36.2. The second-order valence-electron chi connectivity index (χ2n) is 12.6. The van der Waals surface area contributed by atoms with E-state index >= 15 is 0 Å². The van der Waals surface area contributed by atoms with Crippen molar-refractivity contribution in [2.75, 3.05) is 26.4 Å². The van der Waals surface area contributed by atoms with Crippen molar-refractivity contribution in [3.8, 4) is 11.5 Å². The first-order valence-corrected chi connectivity index (χ1v) is 21.9. The Hall–Kier alpha value is -1.50. The smallest absolute Gasteiger partial charge is 0.335 e. The van der Waals surface area contributed by atoms with Crippen molar-refractivity contribution in [3.63, 3.8) is 0 Å². The highest BCUT2D eigenvalue weighted by molar-refractivity contribution is 14.1. The third kappa shape index (κ3) is 8.29. The molecule has 0 radical (unpaired) electrons. The lowest BCUT2D eigenvalue weighted by atomic mass is 9.46. The number of fused-ring (bicyclic) bond motifs is 1. The molecule has 2 bridgehead atoms. The van der Waals surface area contributed by atoms with E-state index in [9.17, 15) is 32.5 Å². The van der Waals surface area contributed by atoms with Crippen LogP contribution in [0, 0.1) is 38.0 Å². The summed E-state index contributed by atoms with van der Waals surface area (Å²) in [6.07, 6.45) is 4.07. The van der Waals surface area contributed by atoms with Crippen molar-refractivity contribution >= 4 is 118 Å². The van der Waals surface area contributed by atoms with E-state index < -0.39 is 39.9 Å². The molecular formula is C35H32I4O11S. The lowest BCUT2D eigenvalue weighted by Crippen LogP contribution is -2.55. The molecule has 2 saturated carbocycles. The van der Waals surface area contributed by atoms with Gasteiger partial charge in [-0.15, -0.1) is 0 Å². The van der Waals surface area contributed by atoms with Gasteiger partial charge >= 0.3 is 17.9 Å². The summed E-state index contributed by atoms with van der Waals surface area (Å²) >= 11 is 7.65. The highest BCUT2D eigenvalue weighted by Gasteiger charge is 2.61. The molecule has 2 fully saturated rings. The molecule has 4 aliphatic carbocycles. The average Bonchev–Trinajstić information content (AvgIpc) is 3.07. The molecule has 0 heterocycles. The maximum Gasteiger partial charge on any atom is 0.335 e. The van der Waals surface area contributed by atoms with E-state index in [1.165, 1.54) is 24.3 Å². The van der Waals surface area contributed by atoms with E-state index in [2.05, 4.69) is 12.1 Å². The maximum atomic E-state index is 14.1. The van der Waals surface area contributed by atoms with Gasteiger partial charge in [-0.05, 0) is 150 Å². The first kappa shape index (κ1) is 39.2. The van der Waals surface area contributed by atoms with Crippen LogP contribution in [-0.2, 0) is 29.2 Å². The minimum Gasteiger partial charge on any atom is -0.490 e. The second-order valence-corrected chi connectivity index (χ2v) is 18.6. The zero-order valence-electron chi connectivity index (χ0n) is 26.7. The Kier molecular flexibility index (Phi) is 12.7. The number of halogens is 4. The Morgan fingerprint density at radius 1 is 0.706 bits per heavy atom. The molecule has 0 aliphatic heterocycles. The molecular weight excluding hydrogens is 1140 g/mol. The van der Waals surface area contributed by atoms with Crippen molar-refractivity contribution in [2.24, 2.45) is 23.7 Å². The summed E-state index contributed by atoms with van der Waals surface area (Å²) in [6.45, 7) is -0.116. The number of esters is 2. The number of aromatic carboxylic acids is 1. The van der Waals surface area contributed by atoms with Gasteiger partial charge < -0.3 is 24.1 Å². The number of benzene rings is 3. The van der Waals surface area contributed by atoms with Gasteiger partial charge in [-0.25, -0.2) is 4.79 Å². The predicted molar refractivity (Wildman–Crippen MR) is 218 cm³/mol. The van der Waals surface area contributed by atoms with Crippen LogP contribution in [0.25, 0.3) is 0 Å². The number of carbonyl (C=O) groups excluding carboxylic acids is 2. The van der Waals surface area contributed by atoms with E-state index in [1.807, 2.05) is 102 Å². The van der Waals surface area contributed by atoms with Gasteiger partial charge in [-0.1, -0.05) is 37.1 Å². The molecule has 0 amide bonds. The largest absolute Gasteiger partial charge is 0.490 e. The molecule has 3 aromatic rings. The number of carbonyl (C=O) groups is 3. The first-order valence-electron chi connectivity index (χ1n) is 16.1.